The van der Waals surface area contributed by atoms with Crippen LogP contribution in [0.2, 0.25) is 0 Å². The van der Waals surface area contributed by atoms with Crippen LogP contribution in [-0.2, 0) is 4.79 Å². The molecule has 5 nitrogen and oxygen atoms in total. The molecule has 0 aromatic carbocycles. The molecule has 4 rings (SSSR count). The van der Waals surface area contributed by atoms with Crippen LogP contribution in [0.25, 0.3) is 5.57 Å². The maximum Gasteiger partial charge on any atom is 0.348 e. The first-order valence-corrected chi connectivity index (χ1v) is 13.3. The summed E-state index contributed by atoms with van der Waals surface area (Å²) in [5, 5.41) is 10.1. The van der Waals surface area contributed by atoms with Crippen molar-refractivity contribution in [2.75, 3.05) is 4.90 Å². The van der Waals surface area contributed by atoms with Crippen LogP contribution in [0, 0.1) is 11.8 Å². The van der Waals surface area contributed by atoms with Crippen LogP contribution in [0.3, 0.4) is 0 Å². The monoisotopic (exact) mass is 458 g/mol. The van der Waals surface area contributed by atoms with E-state index in [-0.39, 0.29) is 23.4 Å². The lowest BCUT2D eigenvalue weighted by Crippen LogP contribution is -2.50. The molecule has 0 unspecified atom stereocenters. The van der Waals surface area contributed by atoms with Crippen LogP contribution in [0.4, 0.5) is 5.69 Å². The number of aromatic carboxylic acids is 1. The standard InChI is InChI=1S/C26H38N2O3S/c1-17-8-10-19(11-9-17)24(29)28(20-12-14-26(2,27)15-13-20)21-16-22(32-23(21)25(30)31)18-6-4-3-5-7-18/h6,16-17,19-20H,3-5,7-15,27H2,1-2H3,(H,30,31). The van der Waals surface area contributed by atoms with Crippen molar-refractivity contribution in [2.24, 2.45) is 17.6 Å². The number of thiophene rings is 1. The van der Waals surface area contributed by atoms with E-state index in [1.165, 1.54) is 23.3 Å². The van der Waals surface area contributed by atoms with Gasteiger partial charge in [0.25, 0.3) is 0 Å². The smallest absolute Gasteiger partial charge is 0.348 e. The number of carbonyl (C=O) groups excluding carboxylic acids is 1. The summed E-state index contributed by atoms with van der Waals surface area (Å²) in [5.74, 6) is -0.133. The second-order valence-corrected chi connectivity index (χ2v) is 11.7. The third-order valence-corrected chi connectivity index (χ3v) is 9.03. The number of anilines is 1. The summed E-state index contributed by atoms with van der Waals surface area (Å²) in [4.78, 5) is 29.4. The van der Waals surface area contributed by atoms with Crippen LogP contribution in [0.1, 0.15) is 105 Å². The SMILES string of the molecule is CC1CCC(C(=O)N(c2cc(C3=CCCCC3)sc2C(=O)O)C2CCC(C)(N)CC2)CC1. The van der Waals surface area contributed by atoms with Crippen molar-refractivity contribution in [3.63, 3.8) is 0 Å². The Morgan fingerprint density at radius 2 is 1.81 bits per heavy atom. The molecular weight excluding hydrogens is 420 g/mol. The van der Waals surface area contributed by atoms with E-state index in [4.69, 9.17) is 5.73 Å². The summed E-state index contributed by atoms with van der Waals surface area (Å²) >= 11 is 1.34. The third-order valence-electron chi connectivity index (χ3n) is 7.84. The Hall–Kier alpha value is -1.66. The highest BCUT2D eigenvalue weighted by Gasteiger charge is 2.39. The van der Waals surface area contributed by atoms with Gasteiger partial charge in [0.15, 0.2) is 0 Å². The Morgan fingerprint density at radius 3 is 2.41 bits per heavy atom. The van der Waals surface area contributed by atoms with E-state index in [9.17, 15) is 14.7 Å². The van der Waals surface area contributed by atoms with Crippen molar-refractivity contribution < 1.29 is 14.7 Å². The highest BCUT2D eigenvalue weighted by molar-refractivity contribution is 7.15. The minimum atomic E-state index is -0.929. The number of nitrogens with two attached hydrogens (primary N) is 1. The van der Waals surface area contributed by atoms with Gasteiger partial charge >= 0.3 is 5.97 Å². The molecule has 3 aliphatic rings. The van der Waals surface area contributed by atoms with E-state index in [1.807, 2.05) is 11.0 Å². The van der Waals surface area contributed by atoms with E-state index >= 15 is 0 Å². The molecule has 1 heterocycles. The summed E-state index contributed by atoms with van der Waals surface area (Å²) in [6.07, 6.45) is 13.9. The van der Waals surface area contributed by atoms with Crippen molar-refractivity contribution in [2.45, 2.75) is 102 Å². The Morgan fingerprint density at radius 1 is 1.12 bits per heavy atom. The molecule has 1 amide bonds. The molecule has 2 fully saturated rings. The van der Waals surface area contributed by atoms with Gasteiger partial charge in [-0.3, -0.25) is 4.79 Å². The first-order chi connectivity index (χ1) is 15.2. The summed E-state index contributed by atoms with van der Waals surface area (Å²) in [6.45, 7) is 4.34. The minimum absolute atomic E-state index is 0.00345. The summed E-state index contributed by atoms with van der Waals surface area (Å²) in [5.41, 5.74) is 8.06. The van der Waals surface area contributed by atoms with Crippen molar-refractivity contribution in [3.05, 3.63) is 21.9 Å². The maximum atomic E-state index is 13.9. The molecule has 0 atom stereocenters. The second-order valence-electron chi connectivity index (χ2n) is 10.7. The lowest BCUT2D eigenvalue weighted by Gasteiger charge is -2.41. The fraction of sp³-hybridized carbons (Fsp3) is 0.692. The molecule has 176 valence electrons. The highest BCUT2D eigenvalue weighted by atomic mass is 32.1. The van der Waals surface area contributed by atoms with Gasteiger partial charge in [-0.2, -0.15) is 0 Å². The molecule has 0 aliphatic heterocycles. The molecule has 0 bridgehead atoms. The van der Waals surface area contributed by atoms with Gasteiger partial charge in [-0.25, -0.2) is 4.79 Å². The number of hydrogen-bond acceptors (Lipinski definition) is 4. The molecule has 3 aliphatic carbocycles. The lowest BCUT2D eigenvalue weighted by molar-refractivity contribution is -0.124. The van der Waals surface area contributed by atoms with Gasteiger partial charge in [0, 0.05) is 22.4 Å². The second kappa shape index (κ2) is 9.68. The zero-order valence-corrected chi connectivity index (χ0v) is 20.4. The van der Waals surface area contributed by atoms with Gasteiger partial charge in [0.2, 0.25) is 5.91 Å². The normalized spacial score (nSPS) is 31.1. The third kappa shape index (κ3) is 5.12. The average Bonchev–Trinajstić information content (AvgIpc) is 3.21. The Balaban J connectivity index is 1.70. The van der Waals surface area contributed by atoms with Gasteiger partial charge in [-0.05, 0) is 102 Å². The Kier molecular flexibility index (Phi) is 7.11. The average molecular weight is 459 g/mol. The number of allylic oxidation sites excluding steroid dienone is 2. The molecule has 3 N–H and O–H groups in total. The fourth-order valence-corrected chi connectivity index (χ4v) is 6.71. The predicted octanol–water partition coefficient (Wildman–Crippen LogP) is 6.22. The number of nitrogens with zero attached hydrogens (tertiary/aromatic N) is 1. The number of carboxylic acid groups (broad SMARTS) is 1. The summed E-state index contributed by atoms with van der Waals surface area (Å²) < 4.78 is 0. The number of amides is 1. The molecule has 6 heteroatoms. The van der Waals surface area contributed by atoms with Crippen molar-refractivity contribution >= 4 is 34.5 Å². The Labute approximate surface area is 196 Å². The minimum Gasteiger partial charge on any atom is -0.477 e. The number of carbonyl (C=O) groups is 2. The van der Waals surface area contributed by atoms with Gasteiger partial charge < -0.3 is 15.7 Å². The quantitative estimate of drug-likeness (QED) is 0.548. The summed E-state index contributed by atoms with van der Waals surface area (Å²) in [6, 6.07) is 2.03. The molecule has 0 radical (unpaired) electrons. The molecule has 1 aromatic heterocycles. The van der Waals surface area contributed by atoms with Crippen LogP contribution < -0.4 is 10.6 Å². The largest absolute Gasteiger partial charge is 0.477 e. The first-order valence-electron chi connectivity index (χ1n) is 12.4. The van der Waals surface area contributed by atoms with E-state index < -0.39 is 5.97 Å². The topological polar surface area (TPSA) is 83.6 Å². The van der Waals surface area contributed by atoms with Crippen molar-refractivity contribution in [1.82, 2.24) is 0 Å². The zero-order valence-electron chi connectivity index (χ0n) is 19.6. The van der Waals surface area contributed by atoms with Crippen molar-refractivity contribution in [1.29, 1.82) is 0 Å². The van der Waals surface area contributed by atoms with E-state index in [2.05, 4.69) is 19.9 Å². The van der Waals surface area contributed by atoms with Gasteiger partial charge in [-0.1, -0.05) is 13.0 Å². The molecule has 2 saturated carbocycles. The Bertz CT molecular complexity index is 870. The number of rotatable bonds is 5. The van der Waals surface area contributed by atoms with E-state index in [0.29, 0.717) is 16.5 Å². The first kappa shape index (κ1) is 23.5. The van der Waals surface area contributed by atoms with Gasteiger partial charge in [-0.15, -0.1) is 11.3 Å². The molecule has 1 aromatic rings. The zero-order chi connectivity index (χ0) is 22.9. The van der Waals surface area contributed by atoms with E-state index in [1.54, 1.807) is 0 Å². The van der Waals surface area contributed by atoms with Gasteiger partial charge in [0.05, 0.1) is 5.69 Å². The van der Waals surface area contributed by atoms with E-state index in [0.717, 1.165) is 75.5 Å². The van der Waals surface area contributed by atoms with Crippen LogP contribution in [-0.4, -0.2) is 28.6 Å². The fourth-order valence-electron chi connectivity index (χ4n) is 5.65. The lowest BCUT2D eigenvalue weighted by atomic mass is 9.79. The number of hydrogen-bond donors (Lipinski definition) is 2. The molecule has 0 spiro atoms. The maximum absolute atomic E-state index is 13.9. The van der Waals surface area contributed by atoms with Crippen molar-refractivity contribution in [3.8, 4) is 0 Å². The van der Waals surface area contributed by atoms with Crippen LogP contribution >= 0.6 is 11.3 Å². The summed E-state index contributed by atoms with van der Waals surface area (Å²) in [7, 11) is 0. The van der Waals surface area contributed by atoms with Crippen LogP contribution in [0.15, 0.2) is 12.1 Å². The predicted molar refractivity (Wildman–Crippen MR) is 131 cm³/mol. The molecular formula is C26H38N2O3S. The van der Waals surface area contributed by atoms with Crippen LogP contribution in [0.5, 0.6) is 0 Å². The van der Waals surface area contributed by atoms with Gasteiger partial charge in [0.1, 0.15) is 4.88 Å². The highest BCUT2D eigenvalue weighted by Crippen LogP contribution is 2.42. The molecule has 32 heavy (non-hydrogen) atoms. The molecule has 0 saturated heterocycles. The number of carboxylic acids is 1.